The topological polar surface area (TPSA) is 83.4 Å². The summed E-state index contributed by atoms with van der Waals surface area (Å²) in [6, 6.07) is 0. The first-order chi connectivity index (χ1) is 8.09. The molecule has 2 heterocycles. The van der Waals surface area contributed by atoms with Crippen LogP contribution < -0.4 is 0 Å². The third kappa shape index (κ3) is 2.25. The molecule has 0 radical (unpaired) electrons. The van der Waals surface area contributed by atoms with Gasteiger partial charge < -0.3 is 10.0 Å². The second kappa shape index (κ2) is 4.48. The maximum atomic E-state index is 12.0. The Morgan fingerprint density at radius 3 is 2.71 bits per heavy atom. The lowest BCUT2D eigenvalue weighted by atomic mass is 9.99. The maximum absolute atomic E-state index is 12.0. The Labute approximate surface area is 98.3 Å². The molecule has 2 rings (SSSR count). The van der Waals surface area contributed by atoms with Gasteiger partial charge in [0, 0.05) is 25.5 Å². The number of carboxylic acid groups (broad SMARTS) is 1. The Morgan fingerprint density at radius 2 is 2.18 bits per heavy atom. The molecule has 2 unspecified atom stereocenters. The van der Waals surface area contributed by atoms with Gasteiger partial charge in [-0.1, -0.05) is 6.92 Å². The molecule has 0 spiro atoms. The van der Waals surface area contributed by atoms with E-state index in [0.29, 0.717) is 6.54 Å². The number of aromatic nitrogens is 2. The number of aliphatic carboxylic acids is 1. The van der Waals surface area contributed by atoms with Crippen LogP contribution in [0, 0.1) is 11.8 Å². The molecule has 1 aromatic heterocycles. The minimum atomic E-state index is -0.855. The zero-order valence-corrected chi connectivity index (χ0v) is 9.41. The second-order valence-electron chi connectivity index (χ2n) is 4.22. The van der Waals surface area contributed by atoms with Crippen LogP contribution >= 0.6 is 0 Å². The van der Waals surface area contributed by atoms with E-state index < -0.39 is 11.9 Å². The Morgan fingerprint density at radius 1 is 1.41 bits per heavy atom. The van der Waals surface area contributed by atoms with Crippen LogP contribution in [-0.4, -0.2) is 44.9 Å². The van der Waals surface area contributed by atoms with E-state index >= 15 is 0 Å². The van der Waals surface area contributed by atoms with Crippen molar-refractivity contribution in [1.82, 2.24) is 14.9 Å². The second-order valence-corrected chi connectivity index (χ2v) is 4.22. The van der Waals surface area contributed by atoms with Crippen molar-refractivity contribution in [3.8, 4) is 0 Å². The zero-order chi connectivity index (χ0) is 12.4. The third-order valence-corrected chi connectivity index (χ3v) is 3.00. The molecule has 0 bridgehead atoms. The summed E-state index contributed by atoms with van der Waals surface area (Å²) in [5.74, 6) is -1.63. The first kappa shape index (κ1) is 11.5. The van der Waals surface area contributed by atoms with Gasteiger partial charge in [-0.25, -0.2) is 4.98 Å². The van der Waals surface area contributed by atoms with Gasteiger partial charge in [0.15, 0.2) is 0 Å². The quantitative estimate of drug-likeness (QED) is 0.795. The van der Waals surface area contributed by atoms with Crippen LogP contribution in [-0.2, 0) is 4.79 Å². The molecule has 0 saturated carbocycles. The summed E-state index contributed by atoms with van der Waals surface area (Å²) in [6.45, 7) is 2.53. The molecule has 6 nitrogen and oxygen atoms in total. The number of hydrogen-bond donors (Lipinski definition) is 1. The molecular formula is C11H13N3O3. The van der Waals surface area contributed by atoms with E-state index in [-0.39, 0.29) is 24.1 Å². The van der Waals surface area contributed by atoms with Gasteiger partial charge in [-0.15, -0.1) is 0 Å². The highest BCUT2D eigenvalue weighted by atomic mass is 16.4. The van der Waals surface area contributed by atoms with Gasteiger partial charge >= 0.3 is 5.97 Å². The first-order valence-corrected chi connectivity index (χ1v) is 5.37. The molecule has 1 aliphatic heterocycles. The van der Waals surface area contributed by atoms with E-state index in [9.17, 15) is 9.59 Å². The smallest absolute Gasteiger partial charge is 0.308 e. The van der Waals surface area contributed by atoms with Gasteiger partial charge in [0.2, 0.25) is 0 Å². The number of carbonyl (C=O) groups excluding carboxylic acids is 1. The molecule has 1 saturated heterocycles. The number of rotatable bonds is 2. The van der Waals surface area contributed by atoms with E-state index in [1.165, 1.54) is 23.5 Å². The number of nitrogens with zero attached hydrogens (tertiary/aromatic N) is 3. The van der Waals surface area contributed by atoms with Crippen molar-refractivity contribution in [3.05, 3.63) is 24.3 Å². The standard InChI is InChI=1S/C11H13N3O3/c1-7-5-14(6-8(7)11(16)17)10(15)9-4-12-2-3-13-9/h2-4,7-8H,5-6H2,1H3,(H,16,17). The summed E-state index contributed by atoms with van der Waals surface area (Å²) in [5.41, 5.74) is 0.255. The van der Waals surface area contributed by atoms with Crippen LogP contribution in [0.3, 0.4) is 0 Å². The van der Waals surface area contributed by atoms with Crippen LogP contribution in [0.2, 0.25) is 0 Å². The third-order valence-electron chi connectivity index (χ3n) is 3.00. The SMILES string of the molecule is CC1CN(C(=O)c2cnccn2)CC1C(=O)O. The molecule has 1 aromatic rings. The predicted molar refractivity (Wildman–Crippen MR) is 58.2 cm³/mol. The minimum Gasteiger partial charge on any atom is -0.481 e. The largest absolute Gasteiger partial charge is 0.481 e. The fourth-order valence-electron chi connectivity index (χ4n) is 2.03. The van der Waals surface area contributed by atoms with Crippen molar-refractivity contribution in [2.45, 2.75) is 6.92 Å². The molecule has 1 fully saturated rings. The predicted octanol–water partition coefficient (Wildman–Crippen LogP) is 0.269. The number of likely N-dealkylation sites (tertiary alicyclic amines) is 1. The average molecular weight is 235 g/mol. The minimum absolute atomic E-state index is 0.0341. The first-order valence-electron chi connectivity index (χ1n) is 5.37. The lowest BCUT2D eigenvalue weighted by Gasteiger charge is -2.14. The Bertz CT molecular complexity index is 435. The van der Waals surface area contributed by atoms with Crippen molar-refractivity contribution in [2.24, 2.45) is 11.8 Å². The summed E-state index contributed by atoms with van der Waals surface area (Å²) in [5, 5.41) is 8.99. The van der Waals surface area contributed by atoms with Gasteiger partial charge in [-0.3, -0.25) is 14.6 Å². The van der Waals surface area contributed by atoms with Crippen molar-refractivity contribution in [2.75, 3.05) is 13.1 Å². The van der Waals surface area contributed by atoms with Gasteiger partial charge in [0.25, 0.3) is 5.91 Å². The molecule has 1 amide bonds. The molecule has 2 atom stereocenters. The molecule has 6 heteroatoms. The van der Waals surface area contributed by atoms with Crippen LogP contribution in [0.15, 0.2) is 18.6 Å². The fraction of sp³-hybridized carbons (Fsp3) is 0.455. The van der Waals surface area contributed by atoms with E-state index in [4.69, 9.17) is 5.11 Å². The Balaban J connectivity index is 2.11. The van der Waals surface area contributed by atoms with Crippen molar-refractivity contribution in [1.29, 1.82) is 0 Å². The van der Waals surface area contributed by atoms with Gasteiger partial charge in [0.05, 0.1) is 12.1 Å². The molecule has 90 valence electrons. The van der Waals surface area contributed by atoms with Crippen molar-refractivity contribution >= 4 is 11.9 Å². The fourth-order valence-corrected chi connectivity index (χ4v) is 2.03. The molecule has 17 heavy (non-hydrogen) atoms. The van der Waals surface area contributed by atoms with Crippen LogP contribution in [0.4, 0.5) is 0 Å². The summed E-state index contributed by atoms with van der Waals surface area (Å²) in [7, 11) is 0. The summed E-state index contributed by atoms with van der Waals surface area (Å²) in [6.07, 6.45) is 4.33. The highest BCUT2D eigenvalue weighted by Gasteiger charge is 2.37. The zero-order valence-electron chi connectivity index (χ0n) is 9.41. The summed E-state index contributed by atoms with van der Waals surface area (Å²) in [4.78, 5) is 32.2. The molecule has 0 aromatic carbocycles. The summed E-state index contributed by atoms with van der Waals surface area (Å²) < 4.78 is 0. The van der Waals surface area contributed by atoms with Crippen molar-refractivity contribution in [3.63, 3.8) is 0 Å². The highest BCUT2D eigenvalue weighted by Crippen LogP contribution is 2.24. The number of carboxylic acids is 1. The highest BCUT2D eigenvalue weighted by molar-refractivity contribution is 5.92. The normalized spacial score (nSPS) is 23.7. The molecule has 1 N–H and O–H groups in total. The van der Waals surface area contributed by atoms with E-state index in [1.807, 2.05) is 6.92 Å². The van der Waals surface area contributed by atoms with Crippen LogP contribution in [0.1, 0.15) is 17.4 Å². The van der Waals surface area contributed by atoms with Crippen molar-refractivity contribution < 1.29 is 14.7 Å². The van der Waals surface area contributed by atoms with E-state index in [2.05, 4.69) is 9.97 Å². The molecule has 1 aliphatic rings. The van der Waals surface area contributed by atoms with E-state index in [1.54, 1.807) is 0 Å². The maximum Gasteiger partial charge on any atom is 0.308 e. The molecule has 0 aliphatic carbocycles. The van der Waals surface area contributed by atoms with Gasteiger partial charge in [0.1, 0.15) is 5.69 Å². The van der Waals surface area contributed by atoms with Gasteiger partial charge in [-0.2, -0.15) is 0 Å². The summed E-state index contributed by atoms with van der Waals surface area (Å²) >= 11 is 0. The number of amides is 1. The number of hydrogen-bond acceptors (Lipinski definition) is 4. The Kier molecular flexibility index (Phi) is 3.03. The lowest BCUT2D eigenvalue weighted by Crippen LogP contribution is -2.30. The average Bonchev–Trinajstić information content (AvgIpc) is 2.71. The Hall–Kier alpha value is -1.98. The number of carbonyl (C=O) groups is 2. The van der Waals surface area contributed by atoms with Crippen LogP contribution in [0.5, 0.6) is 0 Å². The van der Waals surface area contributed by atoms with Gasteiger partial charge in [-0.05, 0) is 5.92 Å². The lowest BCUT2D eigenvalue weighted by molar-refractivity contribution is -0.142. The van der Waals surface area contributed by atoms with E-state index in [0.717, 1.165) is 0 Å². The monoisotopic (exact) mass is 235 g/mol. The van der Waals surface area contributed by atoms with Crippen LogP contribution in [0.25, 0.3) is 0 Å². The molecular weight excluding hydrogens is 222 g/mol.